The molecular formula is C11H7BrCl2N2O. The maximum Gasteiger partial charge on any atom is 0.139 e. The Labute approximate surface area is 117 Å². The van der Waals surface area contributed by atoms with E-state index < -0.39 is 0 Å². The van der Waals surface area contributed by atoms with Gasteiger partial charge in [0.05, 0.1) is 11.2 Å². The maximum absolute atomic E-state index is 6.00. The summed E-state index contributed by atoms with van der Waals surface area (Å²) in [4.78, 5) is 7.94. The predicted molar refractivity (Wildman–Crippen MR) is 70.5 cm³/mol. The number of rotatable bonds is 3. The minimum absolute atomic E-state index is 0.321. The summed E-state index contributed by atoms with van der Waals surface area (Å²) >= 11 is 15.0. The van der Waals surface area contributed by atoms with Crippen molar-refractivity contribution in [1.82, 2.24) is 9.97 Å². The molecule has 0 amide bonds. The third kappa shape index (κ3) is 3.56. The van der Waals surface area contributed by atoms with E-state index in [4.69, 9.17) is 27.9 Å². The second kappa shape index (κ2) is 5.67. The van der Waals surface area contributed by atoms with E-state index in [0.717, 1.165) is 10.0 Å². The Kier molecular flexibility index (Phi) is 4.20. The first-order valence-electron chi connectivity index (χ1n) is 4.68. The molecule has 2 rings (SSSR count). The molecule has 17 heavy (non-hydrogen) atoms. The molecule has 2 heterocycles. The van der Waals surface area contributed by atoms with Crippen LogP contribution in [-0.2, 0) is 6.61 Å². The summed E-state index contributed by atoms with van der Waals surface area (Å²) in [5.74, 6) is 0.658. The van der Waals surface area contributed by atoms with Gasteiger partial charge in [0.2, 0.25) is 0 Å². The molecule has 0 fully saturated rings. The zero-order valence-electron chi connectivity index (χ0n) is 8.53. The predicted octanol–water partition coefficient (Wildman–Crippen LogP) is 4.12. The normalized spacial score (nSPS) is 10.3. The Hall–Kier alpha value is -0.840. The number of halogens is 3. The fraction of sp³-hybridized carbons (Fsp3) is 0.0909. The number of pyridine rings is 2. The fourth-order valence-corrected chi connectivity index (χ4v) is 1.94. The van der Waals surface area contributed by atoms with Crippen molar-refractivity contribution >= 4 is 39.1 Å². The van der Waals surface area contributed by atoms with Crippen LogP contribution in [0.5, 0.6) is 5.75 Å². The van der Waals surface area contributed by atoms with Crippen molar-refractivity contribution in [3.63, 3.8) is 0 Å². The lowest BCUT2D eigenvalue weighted by molar-refractivity contribution is 0.304. The Bertz CT molecular complexity index is 537. The molecule has 6 heteroatoms. The van der Waals surface area contributed by atoms with Gasteiger partial charge in [-0.3, -0.25) is 4.98 Å². The van der Waals surface area contributed by atoms with Crippen molar-refractivity contribution in [2.75, 3.05) is 0 Å². The SMILES string of the molecule is Clc1cc(Cl)c(COc2cncc(Br)c2)cn1. The molecule has 88 valence electrons. The summed E-state index contributed by atoms with van der Waals surface area (Å²) in [5, 5.41) is 0.899. The van der Waals surface area contributed by atoms with Crippen LogP contribution in [0.4, 0.5) is 0 Å². The summed E-state index contributed by atoms with van der Waals surface area (Å²) in [6.07, 6.45) is 4.90. The van der Waals surface area contributed by atoms with Gasteiger partial charge in [-0.2, -0.15) is 0 Å². The number of nitrogens with zero attached hydrogens (tertiary/aromatic N) is 2. The van der Waals surface area contributed by atoms with Gasteiger partial charge in [0.15, 0.2) is 0 Å². The highest BCUT2D eigenvalue weighted by molar-refractivity contribution is 9.10. The molecule has 0 atom stereocenters. The van der Waals surface area contributed by atoms with Crippen molar-refractivity contribution in [3.8, 4) is 5.75 Å². The Morgan fingerprint density at radius 1 is 1.18 bits per heavy atom. The van der Waals surface area contributed by atoms with E-state index in [1.807, 2.05) is 6.07 Å². The minimum Gasteiger partial charge on any atom is -0.487 e. The van der Waals surface area contributed by atoms with Crippen molar-refractivity contribution in [3.05, 3.63) is 50.9 Å². The second-order valence-electron chi connectivity index (χ2n) is 3.23. The number of hydrogen-bond donors (Lipinski definition) is 0. The first-order valence-corrected chi connectivity index (χ1v) is 6.23. The molecular weight excluding hydrogens is 327 g/mol. The quantitative estimate of drug-likeness (QED) is 0.792. The molecule has 2 aromatic heterocycles. The highest BCUT2D eigenvalue weighted by atomic mass is 79.9. The van der Waals surface area contributed by atoms with Crippen LogP contribution in [0.3, 0.4) is 0 Å². The molecule has 0 unspecified atom stereocenters. The van der Waals surface area contributed by atoms with Crippen molar-refractivity contribution in [2.24, 2.45) is 0 Å². The van der Waals surface area contributed by atoms with E-state index in [-0.39, 0.29) is 0 Å². The summed E-state index contributed by atoms with van der Waals surface area (Å²) in [7, 11) is 0. The monoisotopic (exact) mass is 332 g/mol. The first kappa shape index (κ1) is 12.6. The number of hydrogen-bond acceptors (Lipinski definition) is 3. The maximum atomic E-state index is 6.00. The number of ether oxygens (including phenoxy) is 1. The average molecular weight is 334 g/mol. The Morgan fingerprint density at radius 2 is 2.00 bits per heavy atom. The van der Waals surface area contributed by atoms with Gasteiger partial charge in [0.1, 0.15) is 17.5 Å². The van der Waals surface area contributed by atoms with E-state index >= 15 is 0 Å². The summed E-state index contributed by atoms with van der Waals surface area (Å²) in [5.41, 5.74) is 0.774. The van der Waals surface area contributed by atoms with Crippen LogP contribution < -0.4 is 4.74 Å². The van der Waals surface area contributed by atoms with E-state index in [1.165, 1.54) is 0 Å². The second-order valence-corrected chi connectivity index (χ2v) is 4.94. The van der Waals surface area contributed by atoms with Crippen LogP contribution in [0.25, 0.3) is 0 Å². The van der Waals surface area contributed by atoms with Crippen molar-refractivity contribution < 1.29 is 4.74 Å². The Balaban J connectivity index is 2.07. The van der Waals surface area contributed by atoms with Crippen LogP contribution in [-0.4, -0.2) is 9.97 Å². The lowest BCUT2D eigenvalue weighted by atomic mass is 10.3. The molecule has 3 nitrogen and oxygen atoms in total. The lowest BCUT2D eigenvalue weighted by Crippen LogP contribution is -1.97. The van der Waals surface area contributed by atoms with Crippen LogP contribution in [0.1, 0.15) is 5.56 Å². The van der Waals surface area contributed by atoms with Crippen LogP contribution in [0.2, 0.25) is 10.2 Å². The van der Waals surface area contributed by atoms with Crippen molar-refractivity contribution in [1.29, 1.82) is 0 Å². The van der Waals surface area contributed by atoms with Gasteiger partial charge in [0, 0.05) is 22.4 Å². The van der Waals surface area contributed by atoms with E-state index in [0.29, 0.717) is 22.5 Å². The third-order valence-electron chi connectivity index (χ3n) is 1.97. The van der Waals surface area contributed by atoms with Crippen molar-refractivity contribution in [2.45, 2.75) is 6.61 Å². The van der Waals surface area contributed by atoms with Gasteiger partial charge in [-0.05, 0) is 28.1 Å². The molecule has 0 spiro atoms. The minimum atomic E-state index is 0.321. The van der Waals surface area contributed by atoms with Gasteiger partial charge in [0.25, 0.3) is 0 Å². The van der Waals surface area contributed by atoms with Gasteiger partial charge in [-0.1, -0.05) is 23.2 Å². The first-order chi connectivity index (χ1) is 8.15. The summed E-state index contributed by atoms with van der Waals surface area (Å²) in [6.45, 7) is 0.321. The molecule has 0 aromatic carbocycles. The smallest absolute Gasteiger partial charge is 0.139 e. The summed E-state index contributed by atoms with van der Waals surface area (Å²) in [6, 6.07) is 3.41. The number of aromatic nitrogens is 2. The van der Waals surface area contributed by atoms with Gasteiger partial charge < -0.3 is 4.74 Å². The van der Waals surface area contributed by atoms with Crippen LogP contribution in [0.15, 0.2) is 35.2 Å². The lowest BCUT2D eigenvalue weighted by Gasteiger charge is -2.07. The molecule has 0 saturated heterocycles. The molecule has 0 N–H and O–H groups in total. The molecule has 0 saturated carbocycles. The molecule has 0 aliphatic rings. The molecule has 0 bridgehead atoms. The van der Waals surface area contributed by atoms with E-state index in [1.54, 1.807) is 24.7 Å². The fourth-order valence-electron chi connectivity index (χ4n) is 1.17. The van der Waals surface area contributed by atoms with Crippen LogP contribution in [0, 0.1) is 0 Å². The van der Waals surface area contributed by atoms with Crippen LogP contribution >= 0.6 is 39.1 Å². The highest BCUT2D eigenvalue weighted by Gasteiger charge is 2.04. The van der Waals surface area contributed by atoms with Gasteiger partial charge in [-0.15, -0.1) is 0 Å². The molecule has 0 radical (unpaired) electrons. The zero-order chi connectivity index (χ0) is 12.3. The van der Waals surface area contributed by atoms with E-state index in [9.17, 15) is 0 Å². The zero-order valence-corrected chi connectivity index (χ0v) is 11.6. The largest absolute Gasteiger partial charge is 0.487 e. The van der Waals surface area contributed by atoms with Gasteiger partial charge in [-0.25, -0.2) is 4.98 Å². The molecule has 2 aromatic rings. The highest BCUT2D eigenvalue weighted by Crippen LogP contribution is 2.21. The summed E-state index contributed by atoms with van der Waals surface area (Å²) < 4.78 is 6.39. The average Bonchev–Trinajstić information content (AvgIpc) is 2.28. The topological polar surface area (TPSA) is 35.0 Å². The van der Waals surface area contributed by atoms with Gasteiger partial charge >= 0.3 is 0 Å². The Morgan fingerprint density at radius 3 is 2.71 bits per heavy atom. The van der Waals surface area contributed by atoms with E-state index in [2.05, 4.69) is 25.9 Å². The third-order valence-corrected chi connectivity index (χ3v) is 2.96. The molecule has 0 aliphatic heterocycles. The standard InChI is InChI=1S/C11H7BrCl2N2O/c12-8-1-9(5-15-4-8)17-6-7-3-16-11(14)2-10(7)13/h1-5H,6H2. The molecule has 0 aliphatic carbocycles.